The fourth-order valence-corrected chi connectivity index (χ4v) is 2.59. The third-order valence-electron chi connectivity index (χ3n) is 3.65. The summed E-state index contributed by atoms with van der Waals surface area (Å²) in [6, 6.07) is 0.238. The molecule has 1 aromatic heterocycles. The average molecular weight is 265 g/mol. The number of carbonyl (C=O) groups is 1. The predicted octanol–water partition coefficient (Wildman–Crippen LogP) is 2.54. The molecule has 1 aliphatic rings. The van der Waals surface area contributed by atoms with Crippen LogP contribution in [0.4, 0.5) is 0 Å². The number of likely N-dealkylation sites (tertiary alicyclic amines) is 1. The van der Waals surface area contributed by atoms with Crippen LogP contribution in [0.3, 0.4) is 0 Å². The Kier molecular flexibility index (Phi) is 4.58. The lowest BCUT2D eigenvalue weighted by Crippen LogP contribution is -2.26. The van der Waals surface area contributed by atoms with Gasteiger partial charge in [0.2, 0.25) is 0 Å². The van der Waals surface area contributed by atoms with E-state index in [0.29, 0.717) is 0 Å². The zero-order valence-electron chi connectivity index (χ0n) is 11.8. The van der Waals surface area contributed by atoms with Crippen molar-refractivity contribution in [2.45, 2.75) is 52.1 Å². The SMILES string of the molecule is CC(C)n1cc(C(=O)O)nc1CN1CCCCCC1. The van der Waals surface area contributed by atoms with Gasteiger partial charge in [-0.25, -0.2) is 9.78 Å². The lowest BCUT2D eigenvalue weighted by atomic mass is 10.2. The molecule has 0 bridgehead atoms. The number of imidazole rings is 1. The fourth-order valence-electron chi connectivity index (χ4n) is 2.59. The molecule has 0 aliphatic carbocycles. The topological polar surface area (TPSA) is 58.4 Å². The number of aromatic carboxylic acids is 1. The first-order chi connectivity index (χ1) is 9.08. The minimum absolute atomic E-state index is 0.151. The summed E-state index contributed by atoms with van der Waals surface area (Å²) in [4.78, 5) is 17.7. The van der Waals surface area contributed by atoms with Crippen molar-refractivity contribution in [3.05, 3.63) is 17.7 Å². The highest BCUT2D eigenvalue weighted by molar-refractivity contribution is 5.85. The molecule has 5 heteroatoms. The highest BCUT2D eigenvalue weighted by Crippen LogP contribution is 2.16. The number of hydrogen-bond donors (Lipinski definition) is 1. The molecule has 106 valence electrons. The van der Waals surface area contributed by atoms with Crippen LogP contribution in [0.2, 0.25) is 0 Å². The molecule has 0 aromatic carbocycles. The maximum Gasteiger partial charge on any atom is 0.356 e. The second-order valence-corrected chi connectivity index (χ2v) is 5.54. The van der Waals surface area contributed by atoms with Gasteiger partial charge in [-0.15, -0.1) is 0 Å². The van der Waals surface area contributed by atoms with Crippen LogP contribution in [-0.2, 0) is 6.54 Å². The Morgan fingerprint density at radius 1 is 1.32 bits per heavy atom. The zero-order chi connectivity index (χ0) is 13.8. The monoisotopic (exact) mass is 265 g/mol. The zero-order valence-corrected chi connectivity index (χ0v) is 11.8. The molecule has 1 aliphatic heterocycles. The van der Waals surface area contributed by atoms with Gasteiger partial charge in [0, 0.05) is 12.2 Å². The summed E-state index contributed by atoms with van der Waals surface area (Å²) in [5.41, 5.74) is 0.151. The quantitative estimate of drug-likeness (QED) is 0.909. The van der Waals surface area contributed by atoms with E-state index in [1.807, 2.05) is 4.57 Å². The van der Waals surface area contributed by atoms with Crippen molar-refractivity contribution >= 4 is 5.97 Å². The van der Waals surface area contributed by atoms with Gasteiger partial charge in [0.15, 0.2) is 5.69 Å². The van der Waals surface area contributed by atoms with Crippen molar-refractivity contribution in [2.75, 3.05) is 13.1 Å². The van der Waals surface area contributed by atoms with Gasteiger partial charge < -0.3 is 9.67 Å². The molecule has 2 heterocycles. The van der Waals surface area contributed by atoms with Gasteiger partial charge in [-0.1, -0.05) is 12.8 Å². The van der Waals surface area contributed by atoms with Crippen LogP contribution in [0.1, 0.15) is 61.9 Å². The summed E-state index contributed by atoms with van der Waals surface area (Å²) in [7, 11) is 0. The van der Waals surface area contributed by atoms with Crippen LogP contribution in [0.25, 0.3) is 0 Å². The molecule has 0 spiro atoms. The highest BCUT2D eigenvalue weighted by atomic mass is 16.4. The molecule has 1 fully saturated rings. The minimum atomic E-state index is -0.948. The summed E-state index contributed by atoms with van der Waals surface area (Å²) >= 11 is 0. The number of rotatable bonds is 4. The first-order valence-electron chi connectivity index (χ1n) is 7.11. The van der Waals surface area contributed by atoms with Crippen LogP contribution >= 0.6 is 0 Å². The van der Waals surface area contributed by atoms with Gasteiger partial charge in [-0.05, 0) is 39.8 Å². The molecule has 19 heavy (non-hydrogen) atoms. The Morgan fingerprint density at radius 3 is 2.47 bits per heavy atom. The Bertz CT molecular complexity index is 432. The summed E-state index contributed by atoms with van der Waals surface area (Å²) in [5.74, 6) is -0.0779. The van der Waals surface area contributed by atoms with E-state index in [0.717, 1.165) is 25.5 Å². The molecule has 1 saturated heterocycles. The van der Waals surface area contributed by atoms with Crippen LogP contribution < -0.4 is 0 Å². The maximum absolute atomic E-state index is 11.0. The third-order valence-corrected chi connectivity index (χ3v) is 3.65. The number of carboxylic acids is 1. The Morgan fingerprint density at radius 2 is 1.95 bits per heavy atom. The van der Waals surface area contributed by atoms with E-state index in [4.69, 9.17) is 5.11 Å². The van der Waals surface area contributed by atoms with Gasteiger partial charge >= 0.3 is 5.97 Å². The fraction of sp³-hybridized carbons (Fsp3) is 0.714. The normalized spacial score (nSPS) is 17.6. The van der Waals surface area contributed by atoms with Crippen LogP contribution in [0.5, 0.6) is 0 Å². The molecular weight excluding hydrogens is 242 g/mol. The van der Waals surface area contributed by atoms with Crippen molar-refractivity contribution < 1.29 is 9.90 Å². The highest BCUT2D eigenvalue weighted by Gasteiger charge is 2.18. The van der Waals surface area contributed by atoms with Gasteiger partial charge in [0.1, 0.15) is 5.82 Å². The van der Waals surface area contributed by atoms with Crippen molar-refractivity contribution in [2.24, 2.45) is 0 Å². The summed E-state index contributed by atoms with van der Waals surface area (Å²) in [5, 5.41) is 9.07. The summed E-state index contributed by atoms with van der Waals surface area (Å²) in [6.45, 7) is 7.05. The molecule has 0 unspecified atom stereocenters. The molecule has 0 saturated carbocycles. The number of hydrogen-bond acceptors (Lipinski definition) is 3. The lowest BCUT2D eigenvalue weighted by Gasteiger charge is -2.21. The molecule has 0 atom stereocenters. The standard InChI is InChI=1S/C14H23N3O2/c1-11(2)17-9-12(14(18)19)15-13(17)10-16-7-5-3-4-6-8-16/h9,11H,3-8,10H2,1-2H3,(H,18,19). The first-order valence-corrected chi connectivity index (χ1v) is 7.11. The van der Waals surface area contributed by atoms with Crippen molar-refractivity contribution in [3.8, 4) is 0 Å². The largest absolute Gasteiger partial charge is 0.476 e. The van der Waals surface area contributed by atoms with Crippen molar-refractivity contribution in [1.29, 1.82) is 0 Å². The van der Waals surface area contributed by atoms with Gasteiger partial charge in [-0.3, -0.25) is 4.90 Å². The van der Waals surface area contributed by atoms with E-state index in [-0.39, 0.29) is 11.7 Å². The molecule has 0 amide bonds. The molecule has 2 rings (SSSR count). The van der Waals surface area contributed by atoms with E-state index < -0.39 is 5.97 Å². The van der Waals surface area contributed by atoms with E-state index in [9.17, 15) is 4.79 Å². The lowest BCUT2D eigenvalue weighted by molar-refractivity contribution is 0.0690. The van der Waals surface area contributed by atoms with Gasteiger partial charge in [0.25, 0.3) is 0 Å². The second kappa shape index (κ2) is 6.19. The molecule has 0 radical (unpaired) electrons. The van der Waals surface area contributed by atoms with E-state index in [2.05, 4.69) is 23.7 Å². The van der Waals surface area contributed by atoms with Crippen molar-refractivity contribution in [3.63, 3.8) is 0 Å². The number of nitrogens with zero attached hydrogens (tertiary/aromatic N) is 3. The summed E-state index contributed by atoms with van der Waals surface area (Å²) in [6.07, 6.45) is 6.72. The number of aromatic nitrogens is 2. The molecular formula is C14H23N3O2. The summed E-state index contributed by atoms with van der Waals surface area (Å²) < 4.78 is 1.98. The smallest absolute Gasteiger partial charge is 0.356 e. The predicted molar refractivity (Wildman–Crippen MR) is 73.3 cm³/mol. The Labute approximate surface area is 114 Å². The van der Waals surface area contributed by atoms with Crippen LogP contribution in [0, 0.1) is 0 Å². The van der Waals surface area contributed by atoms with Crippen molar-refractivity contribution in [1.82, 2.24) is 14.5 Å². The Balaban J connectivity index is 2.15. The van der Waals surface area contributed by atoms with E-state index in [1.54, 1.807) is 6.20 Å². The molecule has 5 nitrogen and oxygen atoms in total. The molecule has 1 aromatic rings. The second-order valence-electron chi connectivity index (χ2n) is 5.54. The minimum Gasteiger partial charge on any atom is -0.476 e. The Hall–Kier alpha value is -1.36. The first kappa shape index (κ1) is 14.1. The van der Waals surface area contributed by atoms with Gasteiger partial charge in [-0.2, -0.15) is 0 Å². The average Bonchev–Trinajstić information content (AvgIpc) is 2.60. The van der Waals surface area contributed by atoms with Gasteiger partial charge in [0.05, 0.1) is 6.54 Å². The van der Waals surface area contributed by atoms with Crippen LogP contribution in [0.15, 0.2) is 6.20 Å². The number of carboxylic acid groups (broad SMARTS) is 1. The van der Waals surface area contributed by atoms with E-state index in [1.165, 1.54) is 25.7 Å². The molecule has 1 N–H and O–H groups in total. The third kappa shape index (κ3) is 3.56. The van der Waals surface area contributed by atoms with E-state index >= 15 is 0 Å². The van der Waals surface area contributed by atoms with Crippen LogP contribution in [-0.4, -0.2) is 38.6 Å². The maximum atomic E-state index is 11.0.